The Morgan fingerprint density at radius 1 is 1.44 bits per heavy atom. The van der Waals surface area contributed by atoms with Crippen molar-refractivity contribution in [2.45, 2.75) is 30.7 Å². The molecule has 0 saturated carbocycles. The molecule has 6 nitrogen and oxygen atoms in total. The van der Waals surface area contributed by atoms with Gasteiger partial charge >= 0.3 is 6.09 Å². The maximum absolute atomic E-state index is 14.6. The number of benzene rings is 1. The van der Waals surface area contributed by atoms with Gasteiger partial charge in [-0.05, 0) is 30.4 Å². The molecule has 0 radical (unpaired) electrons. The summed E-state index contributed by atoms with van der Waals surface area (Å²) in [5, 5.41) is 3.25. The first kappa shape index (κ1) is 16.5. The monoisotopic (exact) mass is 365 g/mol. The van der Waals surface area contributed by atoms with Crippen LogP contribution in [0.5, 0.6) is 0 Å². The van der Waals surface area contributed by atoms with Crippen LogP contribution in [-0.4, -0.2) is 54.8 Å². The van der Waals surface area contributed by atoms with E-state index in [-0.39, 0.29) is 18.3 Å². The van der Waals surface area contributed by atoms with Crippen molar-refractivity contribution in [1.29, 1.82) is 0 Å². The van der Waals surface area contributed by atoms with Gasteiger partial charge in [-0.1, -0.05) is 0 Å². The number of nitrogens with one attached hydrogen (secondary N) is 1. The van der Waals surface area contributed by atoms with Gasteiger partial charge in [-0.15, -0.1) is 0 Å². The molecule has 3 aliphatic heterocycles. The van der Waals surface area contributed by atoms with E-state index in [2.05, 4.69) is 10.2 Å². The summed E-state index contributed by atoms with van der Waals surface area (Å²) in [5.41, 5.74) is 1.09. The third-order valence-corrected chi connectivity index (χ3v) is 6.32. The molecule has 0 aromatic heterocycles. The quantitative estimate of drug-likeness (QED) is 0.884. The third-order valence-electron chi connectivity index (χ3n) is 4.96. The summed E-state index contributed by atoms with van der Waals surface area (Å²) < 4.78 is 19.8. The molecule has 2 amide bonds. The average molecular weight is 365 g/mol. The first-order chi connectivity index (χ1) is 12.0. The molecule has 1 N–H and O–H groups in total. The second kappa shape index (κ2) is 6.40. The van der Waals surface area contributed by atoms with E-state index >= 15 is 0 Å². The van der Waals surface area contributed by atoms with Crippen molar-refractivity contribution in [2.75, 3.05) is 35.2 Å². The van der Waals surface area contributed by atoms with Crippen LogP contribution in [0.1, 0.15) is 13.3 Å². The van der Waals surface area contributed by atoms with Gasteiger partial charge in [0.2, 0.25) is 5.91 Å². The highest BCUT2D eigenvalue weighted by atomic mass is 32.2. The standard InChI is InChI=1S/C17H20FN3O3S/c1-10(22)19-7-12-8-20(17(23)24-12)11-2-3-14(13(18)6-11)21-9-16-15(21)4-5-25-16/h2-3,6,12,15-16H,4-5,7-9H2,1H3,(H,19,22)/t12?,15?,16-/m0/s1. The zero-order valence-corrected chi connectivity index (χ0v) is 14.7. The Kier molecular flexibility index (Phi) is 4.23. The maximum atomic E-state index is 14.6. The van der Waals surface area contributed by atoms with Crippen LogP contribution in [0.4, 0.5) is 20.6 Å². The fourth-order valence-electron chi connectivity index (χ4n) is 3.63. The Balaban J connectivity index is 1.45. The van der Waals surface area contributed by atoms with Crippen molar-refractivity contribution in [1.82, 2.24) is 5.32 Å². The summed E-state index contributed by atoms with van der Waals surface area (Å²) in [4.78, 5) is 26.5. The lowest BCUT2D eigenvalue weighted by atomic mass is 9.99. The number of cyclic esters (lactones) is 1. The lowest BCUT2D eigenvalue weighted by Crippen LogP contribution is -2.56. The van der Waals surface area contributed by atoms with Crippen LogP contribution in [0, 0.1) is 5.82 Å². The van der Waals surface area contributed by atoms with Gasteiger partial charge in [0.15, 0.2) is 0 Å². The minimum absolute atomic E-state index is 0.178. The lowest BCUT2D eigenvalue weighted by molar-refractivity contribution is -0.119. The number of nitrogens with zero attached hydrogens (tertiary/aromatic N) is 2. The Bertz CT molecular complexity index is 716. The minimum atomic E-state index is -0.515. The first-order valence-corrected chi connectivity index (χ1v) is 9.48. The fraction of sp³-hybridized carbons (Fsp3) is 0.529. The highest BCUT2D eigenvalue weighted by molar-refractivity contribution is 8.00. The number of hydrogen-bond acceptors (Lipinski definition) is 5. The van der Waals surface area contributed by atoms with Gasteiger partial charge in [0.1, 0.15) is 11.9 Å². The number of rotatable bonds is 4. The van der Waals surface area contributed by atoms with Crippen LogP contribution in [0.15, 0.2) is 18.2 Å². The van der Waals surface area contributed by atoms with Crippen LogP contribution in [0.3, 0.4) is 0 Å². The molecule has 0 aliphatic carbocycles. The number of ether oxygens (including phenoxy) is 1. The van der Waals surface area contributed by atoms with Crippen LogP contribution in [0.25, 0.3) is 0 Å². The summed E-state index contributed by atoms with van der Waals surface area (Å²) in [7, 11) is 0. The summed E-state index contributed by atoms with van der Waals surface area (Å²) >= 11 is 1.96. The maximum Gasteiger partial charge on any atom is 0.414 e. The molecule has 1 aromatic carbocycles. The van der Waals surface area contributed by atoms with Crippen molar-refractivity contribution in [3.63, 3.8) is 0 Å². The smallest absolute Gasteiger partial charge is 0.414 e. The molecule has 2 unspecified atom stereocenters. The van der Waals surface area contributed by atoms with Crippen LogP contribution in [-0.2, 0) is 9.53 Å². The van der Waals surface area contributed by atoms with Gasteiger partial charge in [0, 0.05) is 24.8 Å². The van der Waals surface area contributed by atoms with Crippen LogP contribution in [0.2, 0.25) is 0 Å². The Morgan fingerprint density at radius 2 is 2.28 bits per heavy atom. The zero-order valence-electron chi connectivity index (χ0n) is 13.9. The fourth-order valence-corrected chi connectivity index (χ4v) is 5.08. The van der Waals surface area contributed by atoms with Crippen molar-refractivity contribution >= 4 is 35.1 Å². The van der Waals surface area contributed by atoms with Crippen LogP contribution >= 0.6 is 11.8 Å². The Morgan fingerprint density at radius 3 is 3.00 bits per heavy atom. The molecule has 134 valence electrons. The van der Waals surface area contributed by atoms with Gasteiger partial charge in [-0.25, -0.2) is 9.18 Å². The molecule has 3 heterocycles. The number of amides is 2. The second-order valence-corrected chi connectivity index (χ2v) is 7.95. The Hall–Kier alpha value is -1.96. The van der Waals surface area contributed by atoms with Crippen molar-refractivity contribution < 1.29 is 18.7 Å². The van der Waals surface area contributed by atoms with Gasteiger partial charge in [0.25, 0.3) is 0 Å². The highest BCUT2D eigenvalue weighted by Gasteiger charge is 2.43. The van der Waals surface area contributed by atoms with E-state index in [1.54, 1.807) is 12.1 Å². The zero-order chi connectivity index (χ0) is 17.6. The number of hydrogen-bond donors (Lipinski definition) is 1. The van der Waals surface area contributed by atoms with Gasteiger partial charge < -0.3 is 15.0 Å². The van der Waals surface area contributed by atoms with Crippen molar-refractivity contribution in [2.24, 2.45) is 0 Å². The van der Waals surface area contributed by atoms with E-state index in [9.17, 15) is 14.0 Å². The lowest BCUT2D eigenvalue weighted by Gasteiger charge is -2.45. The number of halogens is 1. The molecule has 4 rings (SSSR count). The number of fused-ring (bicyclic) bond motifs is 1. The number of carbonyl (C=O) groups excluding carboxylic acids is 2. The summed E-state index contributed by atoms with van der Waals surface area (Å²) in [5.74, 6) is 0.648. The molecule has 25 heavy (non-hydrogen) atoms. The van der Waals surface area contributed by atoms with Crippen molar-refractivity contribution in [3.05, 3.63) is 24.0 Å². The van der Waals surface area contributed by atoms with Crippen LogP contribution < -0.4 is 15.1 Å². The molecule has 1 aromatic rings. The molecular formula is C17H20FN3O3S. The molecule has 0 spiro atoms. The minimum Gasteiger partial charge on any atom is -0.442 e. The highest BCUT2D eigenvalue weighted by Crippen LogP contribution is 2.42. The normalized spacial score (nSPS) is 27.8. The molecule has 3 saturated heterocycles. The molecule has 8 heteroatoms. The van der Waals surface area contributed by atoms with E-state index in [0.29, 0.717) is 29.2 Å². The second-order valence-electron chi connectivity index (χ2n) is 6.61. The molecular weight excluding hydrogens is 345 g/mol. The van der Waals surface area contributed by atoms with E-state index in [4.69, 9.17) is 4.74 Å². The molecule has 0 bridgehead atoms. The predicted molar refractivity (Wildman–Crippen MR) is 94.7 cm³/mol. The molecule has 3 aliphatic rings. The van der Waals surface area contributed by atoms with Gasteiger partial charge in [-0.3, -0.25) is 9.69 Å². The first-order valence-electron chi connectivity index (χ1n) is 8.43. The Labute approximate surface area is 149 Å². The largest absolute Gasteiger partial charge is 0.442 e. The van der Waals surface area contributed by atoms with E-state index < -0.39 is 12.2 Å². The number of carbonyl (C=O) groups is 2. The average Bonchev–Trinajstić information content (AvgIpc) is 3.10. The number of thioether (sulfide) groups is 1. The van der Waals surface area contributed by atoms with E-state index in [0.717, 1.165) is 18.7 Å². The molecule has 3 fully saturated rings. The number of anilines is 2. The van der Waals surface area contributed by atoms with E-state index in [1.807, 2.05) is 11.8 Å². The summed E-state index contributed by atoms with van der Waals surface area (Å²) in [6, 6.07) is 5.34. The van der Waals surface area contributed by atoms with Gasteiger partial charge in [0.05, 0.1) is 24.5 Å². The van der Waals surface area contributed by atoms with E-state index in [1.165, 1.54) is 17.9 Å². The summed E-state index contributed by atoms with van der Waals surface area (Å²) in [6.07, 6.45) is 0.157. The third kappa shape index (κ3) is 3.03. The van der Waals surface area contributed by atoms with Gasteiger partial charge in [-0.2, -0.15) is 11.8 Å². The predicted octanol–water partition coefficient (Wildman–Crippen LogP) is 1.98. The topological polar surface area (TPSA) is 61.9 Å². The molecule has 3 atom stereocenters. The SMILES string of the molecule is CC(=O)NCC1CN(c2ccc(N3C[C@@H]4SCCC43)c(F)c2)C(=O)O1. The van der Waals surface area contributed by atoms with Crippen molar-refractivity contribution in [3.8, 4) is 0 Å². The summed E-state index contributed by atoms with van der Waals surface area (Å²) in [6.45, 7) is 2.84.